The molecular weight excluding hydrogens is 194 g/mol. The number of aliphatic carboxylic acids is 1. The van der Waals surface area contributed by atoms with Crippen LogP contribution in [0.15, 0.2) is 18.3 Å². The van der Waals surface area contributed by atoms with Gasteiger partial charge in [-0.2, -0.15) is 0 Å². The molecule has 0 unspecified atom stereocenters. The van der Waals surface area contributed by atoms with Crippen molar-refractivity contribution in [3.05, 3.63) is 23.9 Å². The van der Waals surface area contributed by atoms with E-state index in [1.165, 1.54) is 0 Å². The van der Waals surface area contributed by atoms with Gasteiger partial charge in [-0.3, -0.25) is 4.79 Å². The minimum Gasteiger partial charge on any atom is -0.481 e. The van der Waals surface area contributed by atoms with E-state index in [1.807, 2.05) is 6.07 Å². The average Bonchev–Trinajstić information content (AvgIpc) is 3.00. The number of methoxy groups -OCH3 is 1. The van der Waals surface area contributed by atoms with Crippen molar-refractivity contribution in [2.24, 2.45) is 5.41 Å². The van der Waals surface area contributed by atoms with Crippen LogP contribution in [0, 0.1) is 5.41 Å². The second-order valence-electron chi connectivity index (χ2n) is 3.97. The predicted octanol–water partition coefficient (Wildman–Crippen LogP) is 1.50. The minimum atomic E-state index is -0.696. The Balaban J connectivity index is 2.08. The summed E-state index contributed by atoms with van der Waals surface area (Å²) in [7, 11) is 1.56. The van der Waals surface area contributed by atoms with Crippen LogP contribution in [0.3, 0.4) is 0 Å². The summed E-state index contributed by atoms with van der Waals surface area (Å²) >= 11 is 0. The van der Waals surface area contributed by atoms with Gasteiger partial charge >= 0.3 is 5.97 Å². The Morgan fingerprint density at radius 1 is 1.60 bits per heavy atom. The maximum atomic E-state index is 11.0. The van der Waals surface area contributed by atoms with E-state index in [0.717, 1.165) is 18.4 Å². The van der Waals surface area contributed by atoms with Crippen molar-refractivity contribution in [2.75, 3.05) is 7.11 Å². The standard InChI is InChI=1S/C11H13NO3/c1-15-9-3-2-8(7-12-9)6-11(4-5-11)10(13)14/h2-3,7H,4-6H2,1H3,(H,13,14). The predicted molar refractivity (Wildman–Crippen MR) is 53.8 cm³/mol. The van der Waals surface area contributed by atoms with Crippen LogP contribution in [-0.2, 0) is 11.2 Å². The molecule has 1 N–H and O–H groups in total. The molecule has 1 fully saturated rings. The van der Waals surface area contributed by atoms with Crippen molar-refractivity contribution >= 4 is 5.97 Å². The van der Waals surface area contributed by atoms with Gasteiger partial charge < -0.3 is 9.84 Å². The van der Waals surface area contributed by atoms with Crippen LogP contribution in [-0.4, -0.2) is 23.2 Å². The highest BCUT2D eigenvalue weighted by molar-refractivity contribution is 5.78. The van der Waals surface area contributed by atoms with E-state index in [-0.39, 0.29) is 0 Å². The Kier molecular flexibility index (Phi) is 2.34. The smallest absolute Gasteiger partial charge is 0.309 e. The SMILES string of the molecule is COc1ccc(CC2(C(=O)O)CC2)cn1. The van der Waals surface area contributed by atoms with Gasteiger partial charge in [0.2, 0.25) is 5.88 Å². The Bertz CT molecular complexity index is 368. The summed E-state index contributed by atoms with van der Waals surface area (Å²) in [4.78, 5) is 15.0. The molecule has 4 heteroatoms. The molecule has 1 aromatic heterocycles. The maximum absolute atomic E-state index is 11.0. The lowest BCUT2D eigenvalue weighted by atomic mass is 9.98. The molecule has 1 aromatic rings. The Labute approximate surface area is 87.9 Å². The summed E-state index contributed by atoms with van der Waals surface area (Å²) in [6.07, 6.45) is 3.80. The number of carbonyl (C=O) groups is 1. The van der Waals surface area contributed by atoms with Gasteiger partial charge in [-0.05, 0) is 24.8 Å². The van der Waals surface area contributed by atoms with E-state index >= 15 is 0 Å². The zero-order chi connectivity index (χ0) is 10.9. The molecule has 1 heterocycles. The van der Waals surface area contributed by atoms with E-state index in [9.17, 15) is 4.79 Å². The van der Waals surface area contributed by atoms with E-state index in [4.69, 9.17) is 9.84 Å². The zero-order valence-corrected chi connectivity index (χ0v) is 8.56. The molecule has 1 saturated carbocycles. The zero-order valence-electron chi connectivity index (χ0n) is 8.56. The summed E-state index contributed by atoms with van der Waals surface area (Å²) in [6.45, 7) is 0. The third-order valence-corrected chi connectivity index (χ3v) is 2.86. The van der Waals surface area contributed by atoms with Gasteiger partial charge in [0.05, 0.1) is 12.5 Å². The van der Waals surface area contributed by atoms with Crippen LogP contribution in [0.5, 0.6) is 5.88 Å². The molecule has 1 aliphatic carbocycles. The van der Waals surface area contributed by atoms with Crippen LogP contribution < -0.4 is 4.74 Å². The van der Waals surface area contributed by atoms with Crippen LogP contribution in [0.4, 0.5) is 0 Å². The number of ether oxygens (including phenoxy) is 1. The molecule has 0 spiro atoms. The van der Waals surface area contributed by atoms with Gasteiger partial charge in [-0.1, -0.05) is 6.07 Å². The van der Waals surface area contributed by atoms with Crippen molar-refractivity contribution < 1.29 is 14.6 Å². The largest absolute Gasteiger partial charge is 0.481 e. The van der Waals surface area contributed by atoms with Crippen LogP contribution in [0.1, 0.15) is 18.4 Å². The number of hydrogen-bond acceptors (Lipinski definition) is 3. The molecule has 4 nitrogen and oxygen atoms in total. The first-order chi connectivity index (χ1) is 7.16. The topological polar surface area (TPSA) is 59.4 Å². The second kappa shape index (κ2) is 3.53. The molecule has 0 radical (unpaired) electrons. The third kappa shape index (κ3) is 1.93. The Morgan fingerprint density at radius 2 is 2.33 bits per heavy atom. The molecule has 80 valence electrons. The van der Waals surface area contributed by atoms with Crippen LogP contribution in [0.25, 0.3) is 0 Å². The number of aromatic nitrogens is 1. The van der Waals surface area contributed by atoms with Crippen molar-refractivity contribution in [1.29, 1.82) is 0 Å². The van der Waals surface area contributed by atoms with Crippen molar-refractivity contribution in [1.82, 2.24) is 4.98 Å². The summed E-state index contributed by atoms with van der Waals surface area (Å²) in [6, 6.07) is 3.63. The summed E-state index contributed by atoms with van der Waals surface area (Å²) < 4.78 is 4.93. The summed E-state index contributed by atoms with van der Waals surface area (Å²) in [5.74, 6) is -0.141. The van der Waals surface area contributed by atoms with Crippen molar-refractivity contribution in [2.45, 2.75) is 19.3 Å². The average molecular weight is 207 g/mol. The van der Waals surface area contributed by atoms with Gasteiger partial charge in [0.15, 0.2) is 0 Å². The van der Waals surface area contributed by atoms with E-state index < -0.39 is 11.4 Å². The number of carboxylic acids is 1. The highest BCUT2D eigenvalue weighted by atomic mass is 16.5. The first kappa shape index (κ1) is 9.96. The second-order valence-corrected chi connectivity index (χ2v) is 3.97. The lowest BCUT2D eigenvalue weighted by molar-refractivity contribution is -0.143. The highest BCUT2D eigenvalue weighted by Gasteiger charge is 2.49. The molecule has 0 amide bonds. The number of hydrogen-bond donors (Lipinski definition) is 1. The van der Waals surface area contributed by atoms with Crippen molar-refractivity contribution in [3.63, 3.8) is 0 Å². The quantitative estimate of drug-likeness (QED) is 0.812. The minimum absolute atomic E-state index is 0.518. The molecule has 0 bridgehead atoms. The first-order valence-corrected chi connectivity index (χ1v) is 4.89. The molecule has 0 atom stereocenters. The number of rotatable bonds is 4. The van der Waals surface area contributed by atoms with E-state index in [1.54, 1.807) is 19.4 Å². The summed E-state index contributed by atoms with van der Waals surface area (Å²) in [5.41, 5.74) is 0.437. The summed E-state index contributed by atoms with van der Waals surface area (Å²) in [5, 5.41) is 9.02. The Hall–Kier alpha value is -1.58. The highest BCUT2D eigenvalue weighted by Crippen LogP contribution is 2.48. The molecule has 1 aliphatic rings. The monoisotopic (exact) mass is 207 g/mol. The number of pyridine rings is 1. The van der Waals surface area contributed by atoms with Gasteiger partial charge in [0.1, 0.15) is 0 Å². The van der Waals surface area contributed by atoms with Crippen LogP contribution >= 0.6 is 0 Å². The molecule has 15 heavy (non-hydrogen) atoms. The Morgan fingerprint density at radius 3 is 2.73 bits per heavy atom. The van der Waals surface area contributed by atoms with E-state index in [0.29, 0.717) is 12.3 Å². The molecular formula is C11H13NO3. The maximum Gasteiger partial charge on any atom is 0.309 e. The van der Waals surface area contributed by atoms with Gasteiger partial charge in [-0.15, -0.1) is 0 Å². The fourth-order valence-electron chi connectivity index (χ4n) is 1.64. The lowest BCUT2D eigenvalue weighted by Gasteiger charge is -2.09. The fourth-order valence-corrected chi connectivity index (χ4v) is 1.64. The van der Waals surface area contributed by atoms with Crippen LogP contribution in [0.2, 0.25) is 0 Å². The van der Waals surface area contributed by atoms with Gasteiger partial charge in [0, 0.05) is 12.3 Å². The molecule has 2 rings (SSSR count). The van der Waals surface area contributed by atoms with Gasteiger partial charge in [0.25, 0.3) is 0 Å². The fraction of sp³-hybridized carbons (Fsp3) is 0.455. The molecule has 0 aliphatic heterocycles. The normalized spacial score (nSPS) is 17.1. The van der Waals surface area contributed by atoms with E-state index in [2.05, 4.69) is 4.98 Å². The first-order valence-electron chi connectivity index (χ1n) is 4.89. The number of carboxylic acid groups (broad SMARTS) is 1. The molecule has 0 saturated heterocycles. The number of nitrogens with zero attached hydrogens (tertiary/aromatic N) is 1. The van der Waals surface area contributed by atoms with Gasteiger partial charge in [-0.25, -0.2) is 4.98 Å². The molecule has 0 aromatic carbocycles. The third-order valence-electron chi connectivity index (χ3n) is 2.86. The lowest BCUT2D eigenvalue weighted by Crippen LogP contribution is -2.17. The van der Waals surface area contributed by atoms with Crippen molar-refractivity contribution in [3.8, 4) is 5.88 Å².